The highest BCUT2D eigenvalue weighted by Crippen LogP contribution is 2.34. The first-order valence-corrected chi connectivity index (χ1v) is 7.70. The van der Waals surface area contributed by atoms with Crippen LogP contribution in [0, 0.1) is 0 Å². The molecule has 2 heterocycles. The third kappa shape index (κ3) is 2.64. The summed E-state index contributed by atoms with van der Waals surface area (Å²) in [7, 11) is 0. The number of rotatable bonds is 2. The van der Waals surface area contributed by atoms with E-state index in [1.807, 2.05) is 6.92 Å². The van der Waals surface area contributed by atoms with Crippen molar-refractivity contribution in [3.05, 3.63) is 11.7 Å². The summed E-state index contributed by atoms with van der Waals surface area (Å²) in [5.41, 5.74) is -0.451. The maximum Gasteiger partial charge on any atom is 0.237 e. The maximum absolute atomic E-state index is 12.1. The highest BCUT2D eigenvalue weighted by atomic mass is 16.5. The number of aromatic nitrogens is 2. The van der Waals surface area contributed by atoms with Crippen molar-refractivity contribution in [2.75, 3.05) is 6.61 Å². The molecule has 1 aromatic heterocycles. The molecular weight excluding hydrogens is 256 g/mol. The van der Waals surface area contributed by atoms with Crippen LogP contribution >= 0.6 is 0 Å². The minimum Gasteiger partial charge on any atom is -0.367 e. The Morgan fingerprint density at radius 1 is 1.20 bits per heavy atom. The quantitative estimate of drug-likeness (QED) is 0.778. The van der Waals surface area contributed by atoms with E-state index in [-0.39, 0.29) is 11.7 Å². The van der Waals surface area contributed by atoms with E-state index in [9.17, 15) is 4.79 Å². The second-order valence-corrected chi connectivity index (χ2v) is 6.11. The largest absolute Gasteiger partial charge is 0.367 e. The van der Waals surface area contributed by atoms with Crippen molar-refractivity contribution in [3.63, 3.8) is 0 Å². The zero-order valence-electron chi connectivity index (χ0n) is 12.1. The van der Waals surface area contributed by atoms with E-state index in [0.29, 0.717) is 18.1 Å². The smallest absolute Gasteiger partial charge is 0.237 e. The molecule has 1 saturated carbocycles. The molecule has 0 amide bonds. The van der Waals surface area contributed by atoms with Crippen LogP contribution in [0.3, 0.4) is 0 Å². The molecular formula is C15H22N2O3. The Hall–Kier alpha value is -1.23. The Morgan fingerprint density at radius 2 is 2.10 bits per heavy atom. The molecule has 2 unspecified atom stereocenters. The normalized spacial score (nSPS) is 32.0. The van der Waals surface area contributed by atoms with Crippen molar-refractivity contribution in [3.8, 4) is 0 Å². The number of ketones is 1. The molecule has 0 radical (unpaired) electrons. The molecule has 1 aliphatic heterocycles. The number of carbonyl (C=O) groups is 1. The van der Waals surface area contributed by atoms with E-state index in [0.717, 1.165) is 51.6 Å². The Morgan fingerprint density at radius 3 is 2.90 bits per heavy atom. The van der Waals surface area contributed by atoms with Crippen LogP contribution < -0.4 is 0 Å². The van der Waals surface area contributed by atoms with Crippen LogP contribution in [0.1, 0.15) is 75.9 Å². The summed E-state index contributed by atoms with van der Waals surface area (Å²) in [5, 5.41) is 4.09. The van der Waals surface area contributed by atoms with E-state index >= 15 is 0 Å². The van der Waals surface area contributed by atoms with Gasteiger partial charge in [-0.3, -0.25) is 4.79 Å². The lowest BCUT2D eigenvalue weighted by atomic mass is 9.95. The van der Waals surface area contributed by atoms with E-state index in [2.05, 4.69) is 10.1 Å². The Kier molecular flexibility index (Phi) is 3.87. The first-order valence-electron chi connectivity index (χ1n) is 7.70. The maximum atomic E-state index is 12.1. The molecule has 1 saturated heterocycles. The molecule has 0 spiro atoms. The van der Waals surface area contributed by atoms with Gasteiger partial charge in [0.2, 0.25) is 11.7 Å². The van der Waals surface area contributed by atoms with Crippen molar-refractivity contribution < 1.29 is 14.1 Å². The van der Waals surface area contributed by atoms with E-state index in [1.165, 1.54) is 0 Å². The molecule has 2 atom stereocenters. The zero-order chi connectivity index (χ0) is 14.0. The van der Waals surface area contributed by atoms with E-state index in [4.69, 9.17) is 9.26 Å². The van der Waals surface area contributed by atoms with Crippen LogP contribution in [-0.4, -0.2) is 22.5 Å². The molecule has 110 valence electrons. The molecule has 2 fully saturated rings. The summed E-state index contributed by atoms with van der Waals surface area (Å²) in [6.07, 6.45) is 7.73. The lowest BCUT2D eigenvalue weighted by Gasteiger charge is -2.30. The van der Waals surface area contributed by atoms with Gasteiger partial charge < -0.3 is 9.26 Å². The number of carbonyl (C=O) groups excluding carboxylic acids is 1. The first kappa shape index (κ1) is 13.7. The fourth-order valence-electron chi connectivity index (χ4n) is 3.12. The summed E-state index contributed by atoms with van der Waals surface area (Å²) in [6, 6.07) is 0. The van der Waals surface area contributed by atoms with Gasteiger partial charge in [-0.25, -0.2) is 0 Å². The van der Waals surface area contributed by atoms with Crippen molar-refractivity contribution in [1.29, 1.82) is 0 Å². The molecule has 0 bridgehead atoms. The molecule has 0 N–H and O–H groups in total. The van der Waals surface area contributed by atoms with Crippen LogP contribution in [0.15, 0.2) is 4.52 Å². The molecule has 20 heavy (non-hydrogen) atoms. The van der Waals surface area contributed by atoms with Gasteiger partial charge in [-0.2, -0.15) is 4.98 Å². The van der Waals surface area contributed by atoms with Crippen LogP contribution in [0.4, 0.5) is 0 Å². The summed E-state index contributed by atoms with van der Waals surface area (Å²) in [4.78, 5) is 16.6. The van der Waals surface area contributed by atoms with Gasteiger partial charge in [0.05, 0.1) is 5.92 Å². The van der Waals surface area contributed by atoms with Gasteiger partial charge in [-0.15, -0.1) is 0 Å². The highest BCUT2D eigenvalue weighted by Gasteiger charge is 2.36. The second kappa shape index (κ2) is 5.64. The second-order valence-electron chi connectivity index (χ2n) is 6.11. The average molecular weight is 278 g/mol. The Labute approximate surface area is 119 Å². The molecule has 2 aliphatic rings. The minimum atomic E-state index is -0.451. The molecule has 0 aromatic carbocycles. The van der Waals surface area contributed by atoms with Gasteiger partial charge in [0, 0.05) is 13.0 Å². The highest BCUT2D eigenvalue weighted by molar-refractivity contribution is 5.84. The lowest BCUT2D eigenvalue weighted by molar-refractivity contribution is -0.120. The van der Waals surface area contributed by atoms with Crippen LogP contribution in [0.2, 0.25) is 0 Å². The molecule has 5 nitrogen and oxygen atoms in total. The van der Waals surface area contributed by atoms with Gasteiger partial charge >= 0.3 is 0 Å². The van der Waals surface area contributed by atoms with Crippen LogP contribution in [0.5, 0.6) is 0 Å². The molecule has 1 aliphatic carbocycles. The topological polar surface area (TPSA) is 65.2 Å². The first-order chi connectivity index (χ1) is 9.69. The average Bonchev–Trinajstić information content (AvgIpc) is 2.85. The van der Waals surface area contributed by atoms with Crippen molar-refractivity contribution in [1.82, 2.24) is 10.1 Å². The number of nitrogens with zero attached hydrogens (tertiary/aromatic N) is 2. The van der Waals surface area contributed by atoms with E-state index in [1.54, 1.807) is 0 Å². The molecule has 1 aromatic rings. The molecule has 5 heteroatoms. The molecule has 3 rings (SSSR count). The predicted molar refractivity (Wildman–Crippen MR) is 72.3 cm³/mol. The van der Waals surface area contributed by atoms with Gasteiger partial charge in [0.15, 0.2) is 0 Å². The zero-order valence-corrected chi connectivity index (χ0v) is 12.1. The van der Waals surface area contributed by atoms with Crippen molar-refractivity contribution in [2.24, 2.45) is 0 Å². The fourth-order valence-corrected chi connectivity index (χ4v) is 3.12. The van der Waals surface area contributed by atoms with Gasteiger partial charge in [-0.1, -0.05) is 18.0 Å². The predicted octanol–water partition coefficient (Wildman–Crippen LogP) is 3.10. The van der Waals surface area contributed by atoms with Gasteiger partial charge in [-0.05, 0) is 39.0 Å². The monoisotopic (exact) mass is 278 g/mol. The third-order valence-corrected chi connectivity index (χ3v) is 4.49. The minimum absolute atomic E-state index is 0.203. The summed E-state index contributed by atoms with van der Waals surface area (Å²) in [6.45, 7) is 2.75. The summed E-state index contributed by atoms with van der Waals surface area (Å²) < 4.78 is 11.2. The Balaban J connectivity index is 1.80. The van der Waals surface area contributed by atoms with Crippen LogP contribution in [0.25, 0.3) is 0 Å². The SMILES string of the molecule is CC1(c2noc(C3CCCCCC3=O)n2)CCCCO1. The Bertz CT molecular complexity index is 477. The summed E-state index contributed by atoms with van der Waals surface area (Å²) in [5.74, 6) is 1.13. The van der Waals surface area contributed by atoms with Crippen LogP contribution in [-0.2, 0) is 15.1 Å². The van der Waals surface area contributed by atoms with Crippen molar-refractivity contribution in [2.45, 2.75) is 69.8 Å². The number of hydrogen-bond donors (Lipinski definition) is 0. The van der Waals surface area contributed by atoms with E-state index < -0.39 is 5.60 Å². The van der Waals surface area contributed by atoms with Gasteiger partial charge in [0.25, 0.3) is 0 Å². The third-order valence-electron chi connectivity index (χ3n) is 4.49. The fraction of sp³-hybridized carbons (Fsp3) is 0.800. The number of ether oxygens (including phenoxy) is 1. The number of Topliss-reactive ketones (excluding diaryl/α,β-unsaturated/α-hetero) is 1. The van der Waals surface area contributed by atoms with Crippen molar-refractivity contribution >= 4 is 5.78 Å². The summed E-state index contributed by atoms with van der Waals surface area (Å²) >= 11 is 0. The number of hydrogen-bond acceptors (Lipinski definition) is 5. The van der Waals surface area contributed by atoms with Gasteiger partial charge in [0.1, 0.15) is 11.4 Å². The lowest BCUT2D eigenvalue weighted by Crippen LogP contribution is -2.31. The standard InChI is InChI=1S/C15H22N2O3/c1-15(9-5-6-10-19-15)14-16-13(20-17-14)11-7-3-2-4-8-12(11)18/h11H,2-10H2,1H3.